The fourth-order valence-corrected chi connectivity index (χ4v) is 5.38. The van der Waals surface area contributed by atoms with E-state index in [4.69, 9.17) is 9.47 Å². The lowest BCUT2D eigenvalue weighted by molar-refractivity contribution is 0.0953. The molecule has 1 aliphatic rings. The molecule has 0 bridgehead atoms. The highest BCUT2D eigenvalue weighted by Gasteiger charge is 2.27. The summed E-state index contributed by atoms with van der Waals surface area (Å²) in [6.45, 7) is 7.40. The molecular formula is C25H34N2O5S. The second-order valence-corrected chi connectivity index (χ2v) is 11.4. The molecule has 0 spiro atoms. The van der Waals surface area contributed by atoms with Gasteiger partial charge in [-0.3, -0.25) is 4.79 Å². The lowest BCUT2D eigenvalue weighted by Gasteiger charge is -2.29. The fourth-order valence-electron chi connectivity index (χ4n) is 3.90. The third-order valence-electron chi connectivity index (χ3n) is 5.95. The average Bonchev–Trinajstić information content (AvgIpc) is 2.79. The first-order valence-corrected chi connectivity index (χ1v) is 12.8. The Balaban J connectivity index is 1.53. The van der Waals surface area contributed by atoms with Gasteiger partial charge < -0.3 is 14.8 Å². The highest BCUT2D eigenvalue weighted by Crippen LogP contribution is 2.33. The van der Waals surface area contributed by atoms with E-state index in [2.05, 4.69) is 26.1 Å². The molecular weight excluding hydrogens is 440 g/mol. The molecule has 0 aromatic heterocycles. The normalized spacial score (nSPS) is 14.5. The van der Waals surface area contributed by atoms with Gasteiger partial charge in [0, 0.05) is 25.2 Å². The molecule has 0 aliphatic carbocycles. The first-order valence-electron chi connectivity index (χ1n) is 11.2. The smallest absolute Gasteiger partial charge is 0.251 e. The van der Waals surface area contributed by atoms with Crippen LogP contribution in [0.15, 0.2) is 36.4 Å². The average molecular weight is 475 g/mol. The third kappa shape index (κ3) is 6.06. The topological polar surface area (TPSA) is 84.9 Å². The number of carbonyl (C=O) groups excluding carboxylic acids is 1. The number of carbonyl (C=O) groups is 1. The zero-order valence-corrected chi connectivity index (χ0v) is 20.9. The van der Waals surface area contributed by atoms with Crippen molar-refractivity contribution in [2.45, 2.75) is 45.6 Å². The van der Waals surface area contributed by atoms with Crippen LogP contribution in [0.2, 0.25) is 0 Å². The summed E-state index contributed by atoms with van der Waals surface area (Å²) in [6.07, 6.45) is 0.972. The molecule has 0 saturated carbocycles. The van der Waals surface area contributed by atoms with Gasteiger partial charge in [-0.25, -0.2) is 8.42 Å². The van der Waals surface area contributed by atoms with Crippen molar-refractivity contribution in [1.29, 1.82) is 0 Å². The number of sulfonamides is 1. The largest absolute Gasteiger partial charge is 0.493 e. The molecule has 8 heteroatoms. The SMILES string of the molecule is COc1cc2c(cc1OC)CN(S(=O)(=O)CCCNC(=O)c1ccc(C(C)(C)C)cc1)CC2. The number of nitrogens with one attached hydrogen (secondary N) is 1. The first kappa shape index (κ1) is 25.1. The van der Waals surface area contributed by atoms with Crippen LogP contribution in [0, 0.1) is 0 Å². The molecule has 1 amide bonds. The van der Waals surface area contributed by atoms with Crippen LogP contribution in [0.5, 0.6) is 11.5 Å². The minimum Gasteiger partial charge on any atom is -0.493 e. The van der Waals surface area contributed by atoms with Gasteiger partial charge in [0.1, 0.15) is 0 Å². The molecule has 0 unspecified atom stereocenters. The standard InChI is InChI=1S/C25H34N2O5S/c1-25(2,3)21-9-7-18(8-10-21)24(28)26-12-6-14-33(29,30)27-13-11-19-15-22(31-4)23(32-5)16-20(19)17-27/h7-10,15-16H,6,11-14,17H2,1-5H3,(H,26,28). The summed E-state index contributed by atoms with van der Waals surface area (Å²) >= 11 is 0. The Morgan fingerprint density at radius 3 is 2.21 bits per heavy atom. The van der Waals surface area contributed by atoms with E-state index >= 15 is 0 Å². The number of hydrogen-bond acceptors (Lipinski definition) is 5. The fraction of sp³-hybridized carbons (Fsp3) is 0.480. The van der Waals surface area contributed by atoms with Gasteiger partial charge in [0.25, 0.3) is 5.91 Å². The van der Waals surface area contributed by atoms with Crippen molar-refractivity contribution >= 4 is 15.9 Å². The van der Waals surface area contributed by atoms with Gasteiger partial charge in [0.15, 0.2) is 11.5 Å². The van der Waals surface area contributed by atoms with E-state index in [1.807, 2.05) is 24.3 Å². The van der Waals surface area contributed by atoms with Crippen molar-refractivity contribution in [2.24, 2.45) is 0 Å². The lowest BCUT2D eigenvalue weighted by atomic mass is 9.87. The number of ether oxygens (including phenoxy) is 2. The van der Waals surface area contributed by atoms with Crippen LogP contribution in [0.4, 0.5) is 0 Å². The molecule has 1 N–H and O–H groups in total. The second kappa shape index (κ2) is 10.1. The van der Waals surface area contributed by atoms with Crippen molar-refractivity contribution in [2.75, 3.05) is 33.1 Å². The minimum atomic E-state index is -3.44. The van der Waals surface area contributed by atoms with E-state index in [1.54, 1.807) is 26.4 Å². The molecule has 180 valence electrons. The molecule has 0 radical (unpaired) electrons. The molecule has 1 aliphatic heterocycles. The molecule has 0 saturated heterocycles. The van der Waals surface area contributed by atoms with Crippen LogP contribution in [0.3, 0.4) is 0 Å². The maximum absolute atomic E-state index is 12.9. The van der Waals surface area contributed by atoms with E-state index < -0.39 is 10.0 Å². The Hall–Kier alpha value is -2.58. The maximum atomic E-state index is 12.9. The van der Waals surface area contributed by atoms with Gasteiger partial charge in [-0.1, -0.05) is 32.9 Å². The van der Waals surface area contributed by atoms with Crippen molar-refractivity contribution < 1.29 is 22.7 Å². The Bertz CT molecular complexity index is 1090. The predicted octanol–water partition coefficient (Wildman–Crippen LogP) is 3.51. The van der Waals surface area contributed by atoms with Gasteiger partial charge in [0.05, 0.1) is 20.0 Å². The van der Waals surface area contributed by atoms with Crippen molar-refractivity contribution in [1.82, 2.24) is 9.62 Å². The monoisotopic (exact) mass is 474 g/mol. The van der Waals surface area contributed by atoms with E-state index in [-0.39, 0.29) is 17.1 Å². The van der Waals surface area contributed by atoms with Crippen LogP contribution in [0.1, 0.15) is 54.2 Å². The van der Waals surface area contributed by atoms with Gasteiger partial charge >= 0.3 is 0 Å². The number of amides is 1. The number of fused-ring (bicyclic) bond motifs is 1. The summed E-state index contributed by atoms with van der Waals surface area (Å²) in [7, 11) is -0.285. The molecule has 2 aromatic rings. The minimum absolute atomic E-state index is 0.0150. The van der Waals surface area contributed by atoms with E-state index in [0.29, 0.717) is 49.5 Å². The number of nitrogens with zero attached hydrogens (tertiary/aromatic N) is 1. The van der Waals surface area contributed by atoms with Crippen LogP contribution >= 0.6 is 0 Å². The predicted molar refractivity (Wildman–Crippen MR) is 130 cm³/mol. The molecule has 3 rings (SSSR count). The molecule has 0 fully saturated rings. The zero-order valence-electron chi connectivity index (χ0n) is 20.1. The molecule has 2 aromatic carbocycles. The summed E-state index contributed by atoms with van der Waals surface area (Å²) in [5.74, 6) is 1.03. The second-order valence-electron chi connectivity index (χ2n) is 9.31. The number of benzene rings is 2. The summed E-state index contributed by atoms with van der Waals surface area (Å²) in [5.41, 5.74) is 3.75. The first-order chi connectivity index (χ1) is 15.5. The van der Waals surface area contributed by atoms with Gasteiger partial charge in [-0.2, -0.15) is 4.31 Å². The zero-order chi connectivity index (χ0) is 24.2. The Morgan fingerprint density at radius 1 is 1.03 bits per heavy atom. The molecule has 0 atom stereocenters. The molecule has 1 heterocycles. The number of rotatable bonds is 8. The summed E-state index contributed by atoms with van der Waals surface area (Å²) < 4.78 is 38.0. The molecule has 33 heavy (non-hydrogen) atoms. The van der Waals surface area contributed by atoms with E-state index in [9.17, 15) is 13.2 Å². The van der Waals surface area contributed by atoms with Crippen molar-refractivity contribution in [3.8, 4) is 11.5 Å². The molecule has 7 nitrogen and oxygen atoms in total. The van der Waals surface area contributed by atoms with Gasteiger partial charge in [0.2, 0.25) is 10.0 Å². The highest BCUT2D eigenvalue weighted by atomic mass is 32.2. The van der Waals surface area contributed by atoms with E-state index in [1.165, 1.54) is 4.31 Å². The van der Waals surface area contributed by atoms with Crippen LogP contribution in [-0.2, 0) is 28.4 Å². The Kier molecular flexibility index (Phi) is 7.69. The summed E-state index contributed by atoms with van der Waals surface area (Å²) in [4.78, 5) is 12.4. The van der Waals surface area contributed by atoms with Crippen LogP contribution in [-0.4, -0.2) is 51.7 Å². The highest BCUT2D eigenvalue weighted by molar-refractivity contribution is 7.89. The Morgan fingerprint density at radius 2 is 1.64 bits per heavy atom. The third-order valence-corrected chi connectivity index (χ3v) is 7.86. The Labute approximate surface area is 197 Å². The van der Waals surface area contributed by atoms with Gasteiger partial charge in [-0.05, 0) is 59.2 Å². The summed E-state index contributed by atoms with van der Waals surface area (Å²) in [6, 6.07) is 11.3. The van der Waals surface area contributed by atoms with E-state index in [0.717, 1.165) is 16.7 Å². The quantitative estimate of drug-likeness (QED) is 0.592. The maximum Gasteiger partial charge on any atom is 0.251 e. The lowest BCUT2D eigenvalue weighted by Crippen LogP contribution is -2.38. The van der Waals surface area contributed by atoms with Crippen LogP contribution in [0.25, 0.3) is 0 Å². The van der Waals surface area contributed by atoms with Crippen LogP contribution < -0.4 is 14.8 Å². The number of hydrogen-bond donors (Lipinski definition) is 1. The summed E-state index contributed by atoms with van der Waals surface area (Å²) in [5, 5.41) is 2.82. The van der Waals surface area contributed by atoms with Gasteiger partial charge in [-0.15, -0.1) is 0 Å². The van der Waals surface area contributed by atoms with Crippen molar-refractivity contribution in [3.05, 3.63) is 58.7 Å². The number of methoxy groups -OCH3 is 2. The van der Waals surface area contributed by atoms with Crippen molar-refractivity contribution in [3.63, 3.8) is 0 Å².